The Bertz CT molecular complexity index is 450. The van der Waals surface area contributed by atoms with Crippen molar-refractivity contribution >= 4 is 35.0 Å². The Labute approximate surface area is 125 Å². The van der Waals surface area contributed by atoms with Crippen molar-refractivity contribution in [2.24, 2.45) is 0 Å². The maximum absolute atomic E-state index is 11.6. The Morgan fingerprint density at radius 1 is 1.60 bits per heavy atom. The van der Waals surface area contributed by atoms with Gasteiger partial charge in [0.2, 0.25) is 5.91 Å². The van der Waals surface area contributed by atoms with E-state index in [0.29, 0.717) is 11.5 Å². The first-order valence-corrected chi connectivity index (χ1v) is 8.04. The zero-order chi connectivity index (χ0) is 15.0. The largest absolute Gasteiger partial charge is 0.481 e. The van der Waals surface area contributed by atoms with Crippen LogP contribution in [-0.2, 0) is 20.1 Å². The van der Waals surface area contributed by atoms with Crippen LogP contribution < -0.4 is 5.32 Å². The molecule has 0 aromatic carbocycles. The first-order valence-electron chi connectivity index (χ1n) is 6.01. The van der Waals surface area contributed by atoms with Gasteiger partial charge in [0.15, 0.2) is 0 Å². The van der Waals surface area contributed by atoms with Crippen molar-refractivity contribution < 1.29 is 19.4 Å². The van der Waals surface area contributed by atoms with Crippen LogP contribution in [0.1, 0.15) is 17.1 Å². The number of rotatable bonds is 9. The molecule has 1 heterocycles. The van der Waals surface area contributed by atoms with Crippen molar-refractivity contribution in [2.45, 2.75) is 25.2 Å². The second-order valence-electron chi connectivity index (χ2n) is 4.11. The zero-order valence-electron chi connectivity index (χ0n) is 11.4. The summed E-state index contributed by atoms with van der Waals surface area (Å²) in [7, 11) is 1.43. The fourth-order valence-electron chi connectivity index (χ4n) is 1.44. The molecule has 0 spiro atoms. The third-order valence-corrected chi connectivity index (χ3v) is 4.20. The molecule has 0 bridgehead atoms. The van der Waals surface area contributed by atoms with E-state index in [2.05, 4.69) is 10.3 Å². The second-order valence-corrected chi connectivity index (χ2v) is 6.16. The number of methoxy groups -OCH3 is 1. The lowest BCUT2D eigenvalue weighted by Gasteiger charge is -2.13. The third kappa shape index (κ3) is 6.88. The molecule has 1 aromatic heterocycles. The van der Waals surface area contributed by atoms with Crippen LogP contribution in [0, 0.1) is 6.92 Å². The number of aliphatic carboxylic acids is 1. The first-order chi connectivity index (χ1) is 9.51. The van der Waals surface area contributed by atoms with Crippen LogP contribution in [0.2, 0.25) is 0 Å². The summed E-state index contributed by atoms with van der Waals surface area (Å²) in [6.07, 6.45) is -0.621. The molecule has 0 aliphatic rings. The summed E-state index contributed by atoms with van der Waals surface area (Å²) in [6.45, 7) is 2.15. The van der Waals surface area contributed by atoms with E-state index in [1.54, 1.807) is 11.3 Å². The average molecular weight is 318 g/mol. The molecule has 0 saturated heterocycles. The van der Waals surface area contributed by atoms with E-state index in [-0.39, 0.29) is 18.9 Å². The quantitative estimate of drug-likeness (QED) is 0.713. The lowest BCUT2D eigenvalue weighted by atomic mass is 10.2. The number of nitrogens with one attached hydrogen (secondary N) is 1. The Morgan fingerprint density at radius 3 is 2.90 bits per heavy atom. The van der Waals surface area contributed by atoms with Gasteiger partial charge in [-0.05, 0) is 6.92 Å². The number of amides is 1. The number of thiazole rings is 1. The van der Waals surface area contributed by atoms with Gasteiger partial charge in [0.25, 0.3) is 0 Å². The van der Waals surface area contributed by atoms with E-state index >= 15 is 0 Å². The molecular weight excluding hydrogens is 300 g/mol. The van der Waals surface area contributed by atoms with Gasteiger partial charge in [-0.2, -0.15) is 0 Å². The number of carboxylic acid groups (broad SMARTS) is 1. The van der Waals surface area contributed by atoms with Crippen molar-refractivity contribution in [3.8, 4) is 0 Å². The van der Waals surface area contributed by atoms with Crippen molar-refractivity contribution in [2.75, 3.05) is 19.4 Å². The number of aryl methyl sites for hydroxylation is 1. The molecule has 6 nitrogen and oxygen atoms in total. The second kappa shape index (κ2) is 8.93. The van der Waals surface area contributed by atoms with Crippen LogP contribution >= 0.6 is 23.1 Å². The van der Waals surface area contributed by atoms with Crippen molar-refractivity contribution in [1.82, 2.24) is 10.3 Å². The van der Waals surface area contributed by atoms with Gasteiger partial charge in [0.1, 0.15) is 0 Å². The maximum atomic E-state index is 11.6. The van der Waals surface area contributed by atoms with Crippen LogP contribution in [0.5, 0.6) is 0 Å². The molecular formula is C12H18N2O4S2. The molecule has 1 rings (SSSR count). The third-order valence-electron chi connectivity index (χ3n) is 2.41. The Balaban J connectivity index is 2.18. The van der Waals surface area contributed by atoms with Crippen LogP contribution in [-0.4, -0.2) is 47.5 Å². The van der Waals surface area contributed by atoms with Gasteiger partial charge < -0.3 is 15.2 Å². The molecule has 1 atom stereocenters. The highest BCUT2D eigenvalue weighted by Gasteiger charge is 2.13. The Morgan fingerprint density at radius 2 is 2.35 bits per heavy atom. The van der Waals surface area contributed by atoms with Gasteiger partial charge in [-0.25, -0.2) is 4.98 Å². The van der Waals surface area contributed by atoms with Gasteiger partial charge in [0.05, 0.1) is 29.0 Å². The maximum Gasteiger partial charge on any atom is 0.306 e. The number of carboxylic acids is 1. The lowest BCUT2D eigenvalue weighted by molar-refractivity contribution is -0.140. The van der Waals surface area contributed by atoms with Crippen LogP contribution in [0.3, 0.4) is 0 Å². The monoisotopic (exact) mass is 318 g/mol. The summed E-state index contributed by atoms with van der Waals surface area (Å²) in [5, 5.41) is 14.3. The number of carbonyl (C=O) groups excluding carboxylic acids is 1. The molecule has 0 aliphatic heterocycles. The molecule has 1 aromatic rings. The smallest absolute Gasteiger partial charge is 0.306 e. The fraction of sp³-hybridized carbons (Fsp3) is 0.583. The number of hydrogen-bond acceptors (Lipinski definition) is 6. The molecule has 112 valence electrons. The molecule has 0 aliphatic carbocycles. The summed E-state index contributed by atoms with van der Waals surface area (Å²) in [5.74, 6) is -0.0607. The highest BCUT2D eigenvalue weighted by atomic mass is 32.2. The molecule has 1 amide bonds. The van der Waals surface area contributed by atoms with Gasteiger partial charge in [-0.15, -0.1) is 23.1 Å². The number of carbonyl (C=O) groups is 2. The number of thioether (sulfide) groups is 1. The van der Waals surface area contributed by atoms with Crippen LogP contribution in [0.25, 0.3) is 0 Å². The first kappa shape index (κ1) is 16.9. The van der Waals surface area contributed by atoms with E-state index in [0.717, 1.165) is 10.7 Å². The highest BCUT2D eigenvalue weighted by Crippen LogP contribution is 2.14. The van der Waals surface area contributed by atoms with Crippen molar-refractivity contribution in [3.63, 3.8) is 0 Å². The summed E-state index contributed by atoms with van der Waals surface area (Å²) in [4.78, 5) is 26.4. The van der Waals surface area contributed by atoms with E-state index in [1.165, 1.54) is 18.9 Å². The molecule has 0 fully saturated rings. The normalized spacial score (nSPS) is 12.1. The van der Waals surface area contributed by atoms with Crippen LogP contribution in [0.4, 0.5) is 0 Å². The summed E-state index contributed by atoms with van der Waals surface area (Å²) >= 11 is 3.06. The summed E-state index contributed by atoms with van der Waals surface area (Å²) in [5.41, 5.74) is 0.978. The summed E-state index contributed by atoms with van der Waals surface area (Å²) < 4.78 is 4.98. The number of ether oxygens (including phenoxy) is 1. The minimum Gasteiger partial charge on any atom is -0.481 e. The molecule has 1 unspecified atom stereocenters. The van der Waals surface area contributed by atoms with Gasteiger partial charge >= 0.3 is 5.97 Å². The van der Waals surface area contributed by atoms with Gasteiger partial charge in [-0.1, -0.05) is 0 Å². The minimum atomic E-state index is -0.945. The molecule has 20 heavy (non-hydrogen) atoms. The zero-order valence-corrected chi connectivity index (χ0v) is 13.1. The van der Waals surface area contributed by atoms with Gasteiger partial charge in [-0.3, -0.25) is 9.59 Å². The van der Waals surface area contributed by atoms with E-state index < -0.39 is 12.1 Å². The standard InChI is InChI=1S/C12H18N2O4S2/c1-8-14-9(6-20-8)5-19-7-11(15)13-4-10(18-2)3-12(16)17/h6,10H,3-5,7H2,1-2H3,(H,13,15)(H,16,17). The number of hydrogen-bond donors (Lipinski definition) is 2. The predicted octanol–water partition coefficient (Wildman–Crippen LogP) is 1.29. The fourth-order valence-corrected chi connectivity index (χ4v) is 2.90. The van der Waals surface area contributed by atoms with Crippen molar-refractivity contribution in [1.29, 1.82) is 0 Å². The van der Waals surface area contributed by atoms with E-state index in [9.17, 15) is 9.59 Å². The van der Waals surface area contributed by atoms with E-state index in [1.807, 2.05) is 12.3 Å². The van der Waals surface area contributed by atoms with Crippen LogP contribution in [0.15, 0.2) is 5.38 Å². The topological polar surface area (TPSA) is 88.5 Å². The SMILES string of the molecule is COC(CNC(=O)CSCc1csc(C)n1)CC(=O)O. The molecule has 2 N–H and O–H groups in total. The molecule has 8 heteroatoms. The predicted molar refractivity (Wildman–Crippen MR) is 79.1 cm³/mol. The Kier molecular flexibility index (Phi) is 7.56. The average Bonchev–Trinajstić information content (AvgIpc) is 2.80. The Hall–Kier alpha value is -1.12. The number of nitrogens with zero attached hydrogens (tertiary/aromatic N) is 1. The molecule has 0 saturated carbocycles. The minimum absolute atomic E-state index is 0.123. The van der Waals surface area contributed by atoms with Crippen molar-refractivity contribution in [3.05, 3.63) is 16.1 Å². The highest BCUT2D eigenvalue weighted by molar-refractivity contribution is 7.99. The van der Waals surface area contributed by atoms with Gasteiger partial charge in [0, 0.05) is 24.8 Å². The summed E-state index contributed by atoms with van der Waals surface area (Å²) in [6, 6.07) is 0. The number of aromatic nitrogens is 1. The molecule has 0 radical (unpaired) electrons. The van der Waals surface area contributed by atoms with E-state index in [4.69, 9.17) is 9.84 Å². The lowest BCUT2D eigenvalue weighted by Crippen LogP contribution is -2.35.